The Morgan fingerprint density at radius 1 is 1.03 bits per heavy atom. The molecule has 34 heavy (non-hydrogen) atoms. The van der Waals surface area contributed by atoms with E-state index in [0.717, 1.165) is 28.6 Å². The number of fused-ring (bicyclic) bond motifs is 3. The van der Waals surface area contributed by atoms with Crippen LogP contribution in [0.15, 0.2) is 52.4 Å². The van der Waals surface area contributed by atoms with Crippen LogP contribution in [0, 0.1) is 6.92 Å². The second-order valence-corrected chi connectivity index (χ2v) is 9.79. The van der Waals surface area contributed by atoms with Crippen molar-refractivity contribution < 1.29 is 28.6 Å². The van der Waals surface area contributed by atoms with Crippen LogP contribution < -0.4 is 0 Å². The van der Waals surface area contributed by atoms with E-state index in [1.165, 1.54) is 25.6 Å². The maximum Gasteiger partial charge on any atom is 0.349 e. The van der Waals surface area contributed by atoms with Gasteiger partial charge < -0.3 is 18.8 Å². The van der Waals surface area contributed by atoms with Crippen LogP contribution >= 0.6 is 23.1 Å². The van der Waals surface area contributed by atoms with Crippen LogP contribution in [-0.2, 0) is 23.8 Å². The van der Waals surface area contributed by atoms with Crippen molar-refractivity contribution in [3.8, 4) is 16.8 Å². The number of carbonyl (C=O) groups excluding carboxylic acids is 3. The molecule has 0 saturated carbocycles. The fourth-order valence-corrected chi connectivity index (χ4v) is 6.48. The van der Waals surface area contributed by atoms with Gasteiger partial charge in [0.25, 0.3) is 0 Å². The Morgan fingerprint density at radius 3 is 2.41 bits per heavy atom. The van der Waals surface area contributed by atoms with E-state index in [4.69, 9.17) is 14.2 Å². The van der Waals surface area contributed by atoms with Gasteiger partial charge in [0.1, 0.15) is 10.1 Å². The highest BCUT2D eigenvalue weighted by molar-refractivity contribution is 8.02. The number of esters is 3. The predicted octanol–water partition coefficient (Wildman–Crippen LogP) is 4.89. The van der Waals surface area contributed by atoms with Crippen LogP contribution in [-0.4, -0.2) is 48.6 Å². The molecule has 3 aromatic rings. The van der Waals surface area contributed by atoms with Gasteiger partial charge in [0, 0.05) is 17.5 Å². The molecule has 0 amide bonds. The standard InChI is InChI=1S/C25H23NO6S2/c1-5-32-24(29)21-18(15-9-7-6-8-10-15)19-25(34-21)33-20(23(28)31-4)16(22(27)30-3)13-17-14(2)11-12-26(17)19/h6-13,20H,5H2,1-4H3/b16-13+. The van der Waals surface area contributed by atoms with E-state index in [1.54, 1.807) is 13.0 Å². The molecule has 3 heterocycles. The molecule has 0 N–H and O–H groups in total. The Labute approximate surface area is 205 Å². The first-order chi connectivity index (χ1) is 16.4. The average molecular weight is 498 g/mol. The summed E-state index contributed by atoms with van der Waals surface area (Å²) in [5, 5.41) is -0.975. The summed E-state index contributed by atoms with van der Waals surface area (Å²) < 4.78 is 18.0. The molecule has 1 atom stereocenters. The van der Waals surface area contributed by atoms with Crippen molar-refractivity contribution in [2.75, 3.05) is 20.8 Å². The van der Waals surface area contributed by atoms with Gasteiger partial charge in [-0.1, -0.05) is 42.1 Å². The number of benzene rings is 1. The third kappa shape index (κ3) is 4.17. The number of ether oxygens (including phenoxy) is 3. The smallest absolute Gasteiger partial charge is 0.349 e. The summed E-state index contributed by atoms with van der Waals surface area (Å²) in [4.78, 5) is 39.0. The van der Waals surface area contributed by atoms with Gasteiger partial charge in [-0.3, -0.25) is 4.79 Å². The number of rotatable bonds is 5. The Kier molecular flexibility index (Phi) is 6.95. The first kappa shape index (κ1) is 23.8. The summed E-state index contributed by atoms with van der Waals surface area (Å²) in [6.45, 7) is 3.90. The fourth-order valence-electron chi connectivity index (χ4n) is 3.79. The zero-order valence-electron chi connectivity index (χ0n) is 19.1. The maximum absolute atomic E-state index is 13.0. The number of carbonyl (C=O) groups is 3. The van der Waals surface area contributed by atoms with Crippen molar-refractivity contribution in [2.24, 2.45) is 0 Å². The second kappa shape index (κ2) is 9.90. The molecule has 7 nitrogen and oxygen atoms in total. The van der Waals surface area contributed by atoms with Crippen molar-refractivity contribution in [1.82, 2.24) is 4.57 Å². The molecule has 9 heteroatoms. The highest BCUT2D eigenvalue weighted by Crippen LogP contribution is 2.49. The summed E-state index contributed by atoms with van der Waals surface area (Å²) in [6, 6.07) is 11.5. The van der Waals surface area contributed by atoms with Gasteiger partial charge in [-0.2, -0.15) is 0 Å². The molecular formula is C25H23NO6S2. The molecule has 0 spiro atoms. The van der Waals surface area contributed by atoms with Crippen LogP contribution in [0.5, 0.6) is 0 Å². The molecule has 0 aliphatic carbocycles. The Hall–Kier alpha value is -3.30. The Balaban J connectivity index is 2.07. The lowest BCUT2D eigenvalue weighted by molar-refractivity contribution is -0.142. The van der Waals surface area contributed by atoms with Crippen LogP contribution in [0.3, 0.4) is 0 Å². The minimum atomic E-state index is -0.975. The van der Waals surface area contributed by atoms with Crippen molar-refractivity contribution >= 4 is 47.1 Å². The summed E-state index contributed by atoms with van der Waals surface area (Å²) in [7, 11) is 2.55. The number of methoxy groups -OCH3 is 2. The summed E-state index contributed by atoms with van der Waals surface area (Å²) >= 11 is 2.39. The quantitative estimate of drug-likeness (QED) is 0.366. The number of hydrogen-bond donors (Lipinski definition) is 0. The molecule has 0 bridgehead atoms. The fraction of sp³-hybridized carbons (Fsp3) is 0.240. The van der Waals surface area contributed by atoms with E-state index in [2.05, 4.69) is 0 Å². The highest BCUT2D eigenvalue weighted by atomic mass is 32.2. The summed E-state index contributed by atoms with van der Waals surface area (Å²) in [5.41, 5.74) is 4.07. The average Bonchev–Trinajstić information content (AvgIpc) is 3.39. The maximum atomic E-state index is 13.0. The lowest BCUT2D eigenvalue weighted by Crippen LogP contribution is -2.27. The van der Waals surface area contributed by atoms with Crippen LogP contribution in [0.2, 0.25) is 0 Å². The van der Waals surface area contributed by atoms with Crippen molar-refractivity contribution in [3.63, 3.8) is 0 Å². The van der Waals surface area contributed by atoms with E-state index < -0.39 is 23.2 Å². The molecule has 1 aliphatic rings. The molecule has 1 aliphatic heterocycles. The lowest BCUT2D eigenvalue weighted by Gasteiger charge is -2.21. The van der Waals surface area contributed by atoms with Crippen LogP contribution in [0.1, 0.15) is 27.9 Å². The minimum absolute atomic E-state index is 0.167. The Bertz CT molecular complexity index is 1290. The molecule has 1 aromatic carbocycles. The summed E-state index contributed by atoms with van der Waals surface area (Å²) in [6.07, 6.45) is 3.55. The number of thioether (sulfide) groups is 1. The van der Waals surface area contributed by atoms with Crippen molar-refractivity contribution in [1.29, 1.82) is 0 Å². The molecule has 176 valence electrons. The topological polar surface area (TPSA) is 83.8 Å². The molecule has 1 unspecified atom stereocenters. The SMILES string of the molecule is CCOC(=O)c1sc2c(c1-c1ccccc1)-n1ccc(C)c1/C=C(/C(=O)OC)C(C(=O)OC)S2. The van der Waals surface area contributed by atoms with Gasteiger partial charge in [0.15, 0.2) is 0 Å². The first-order valence-corrected chi connectivity index (χ1v) is 12.2. The Morgan fingerprint density at radius 2 is 1.76 bits per heavy atom. The van der Waals surface area contributed by atoms with Crippen molar-refractivity contribution in [2.45, 2.75) is 23.3 Å². The van der Waals surface area contributed by atoms with Gasteiger partial charge in [-0.15, -0.1) is 11.3 Å². The van der Waals surface area contributed by atoms with Gasteiger partial charge in [-0.05, 0) is 37.1 Å². The normalized spacial score (nSPS) is 16.2. The third-order valence-electron chi connectivity index (χ3n) is 5.39. The number of aromatic nitrogens is 1. The van der Waals surface area contributed by atoms with E-state index >= 15 is 0 Å². The van der Waals surface area contributed by atoms with E-state index in [0.29, 0.717) is 20.3 Å². The number of thiophene rings is 1. The van der Waals surface area contributed by atoms with E-state index in [9.17, 15) is 14.4 Å². The van der Waals surface area contributed by atoms with Gasteiger partial charge in [0.2, 0.25) is 0 Å². The number of hydrogen-bond acceptors (Lipinski definition) is 8. The highest BCUT2D eigenvalue weighted by Gasteiger charge is 2.37. The molecule has 0 radical (unpaired) electrons. The molecule has 0 fully saturated rings. The predicted molar refractivity (Wildman–Crippen MR) is 131 cm³/mol. The van der Waals surface area contributed by atoms with Crippen LogP contribution in [0.4, 0.5) is 0 Å². The van der Waals surface area contributed by atoms with E-state index in [1.807, 2.05) is 54.1 Å². The lowest BCUT2D eigenvalue weighted by atomic mass is 10.0. The molecule has 2 aromatic heterocycles. The van der Waals surface area contributed by atoms with Gasteiger partial charge in [0.05, 0.1) is 36.3 Å². The van der Waals surface area contributed by atoms with Gasteiger partial charge in [-0.25, -0.2) is 9.59 Å². The van der Waals surface area contributed by atoms with Gasteiger partial charge >= 0.3 is 17.9 Å². The molecule has 4 rings (SSSR count). The third-order valence-corrected chi connectivity index (χ3v) is 7.97. The zero-order chi connectivity index (χ0) is 24.4. The molecule has 0 saturated heterocycles. The largest absolute Gasteiger partial charge is 0.468 e. The van der Waals surface area contributed by atoms with Crippen molar-refractivity contribution in [3.05, 3.63) is 64.3 Å². The minimum Gasteiger partial charge on any atom is -0.468 e. The monoisotopic (exact) mass is 497 g/mol. The number of aryl methyl sites for hydroxylation is 1. The zero-order valence-corrected chi connectivity index (χ0v) is 20.7. The number of nitrogens with zero attached hydrogens (tertiary/aromatic N) is 1. The second-order valence-electron chi connectivity index (χ2n) is 7.40. The summed E-state index contributed by atoms with van der Waals surface area (Å²) in [5.74, 6) is -1.65. The van der Waals surface area contributed by atoms with Crippen LogP contribution in [0.25, 0.3) is 22.9 Å². The first-order valence-electron chi connectivity index (χ1n) is 10.5. The van der Waals surface area contributed by atoms with E-state index in [-0.39, 0.29) is 12.2 Å². The molecular weight excluding hydrogens is 474 g/mol.